The second-order valence-corrected chi connectivity index (χ2v) is 12.2. The zero-order chi connectivity index (χ0) is 27.2. The van der Waals surface area contributed by atoms with Crippen LogP contribution in [0.2, 0.25) is 0 Å². The molecule has 3 aromatic rings. The van der Waals surface area contributed by atoms with Crippen molar-refractivity contribution in [2.24, 2.45) is 11.3 Å². The van der Waals surface area contributed by atoms with E-state index in [-0.39, 0.29) is 22.8 Å². The molecule has 0 radical (unpaired) electrons. The Hall–Kier alpha value is -3.28. The molecule has 1 fully saturated rings. The maximum absolute atomic E-state index is 12.5. The van der Waals surface area contributed by atoms with Crippen LogP contribution in [-0.2, 0) is 10.0 Å². The minimum atomic E-state index is -4.78. The summed E-state index contributed by atoms with van der Waals surface area (Å²) in [5.41, 5.74) is 1.96. The number of ether oxygens (including phenoxy) is 1. The fourth-order valence-corrected chi connectivity index (χ4v) is 5.74. The van der Waals surface area contributed by atoms with Crippen LogP contribution in [0, 0.1) is 11.3 Å². The number of carbonyl (C=O) groups is 1. The number of nitrogens with zero attached hydrogens (tertiary/aromatic N) is 2. The van der Waals surface area contributed by atoms with Crippen LogP contribution in [0.5, 0.6) is 5.75 Å². The molecule has 1 aromatic heterocycles. The molecular formula is C25H29F3N4O4S. The monoisotopic (exact) mass is 538 g/mol. The van der Waals surface area contributed by atoms with Gasteiger partial charge in [0.05, 0.1) is 17.3 Å². The van der Waals surface area contributed by atoms with Crippen molar-refractivity contribution in [3.63, 3.8) is 0 Å². The van der Waals surface area contributed by atoms with Crippen LogP contribution < -0.4 is 14.8 Å². The maximum Gasteiger partial charge on any atom is 0.573 e. The third-order valence-electron chi connectivity index (χ3n) is 6.30. The molecular weight excluding hydrogens is 509 g/mol. The van der Waals surface area contributed by atoms with Crippen LogP contribution in [0.15, 0.2) is 42.5 Å². The highest BCUT2D eigenvalue weighted by molar-refractivity contribution is 7.89. The standard InChI is InChI=1S/C25H29F3N4O4S/c1-15-11-18(14-24(2,3)13-15)32-21-12-16(22(33)31-37(4,34)35)5-10-20(21)30-23(32)29-17-6-8-19(9-7-17)36-25(26,27)28/h5-10,12,15,18H,11,13-14H2,1-4H3,(H,29,30)(H,31,33)/t15-,18+/m1/s1. The summed E-state index contributed by atoms with van der Waals surface area (Å²) in [5.74, 6) is -0.190. The van der Waals surface area contributed by atoms with Crippen molar-refractivity contribution in [1.82, 2.24) is 14.3 Å². The van der Waals surface area contributed by atoms with E-state index in [0.29, 0.717) is 28.6 Å². The largest absolute Gasteiger partial charge is 0.573 e. The van der Waals surface area contributed by atoms with Crippen LogP contribution in [-0.4, -0.2) is 36.5 Å². The van der Waals surface area contributed by atoms with E-state index in [2.05, 4.69) is 30.8 Å². The number of imidazole rings is 1. The normalized spacial score (nSPS) is 20.0. The van der Waals surface area contributed by atoms with Crippen LogP contribution in [0.1, 0.15) is 56.4 Å². The molecule has 12 heteroatoms. The Labute approximate surface area is 213 Å². The van der Waals surface area contributed by atoms with Crippen molar-refractivity contribution < 1.29 is 31.1 Å². The Morgan fingerprint density at radius 1 is 1.14 bits per heavy atom. The summed E-state index contributed by atoms with van der Waals surface area (Å²) in [6, 6.07) is 10.1. The van der Waals surface area contributed by atoms with Crippen molar-refractivity contribution in [2.45, 2.75) is 52.4 Å². The molecule has 0 unspecified atom stereocenters. The highest BCUT2D eigenvalue weighted by Crippen LogP contribution is 2.46. The van der Waals surface area contributed by atoms with Crippen molar-refractivity contribution in [2.75, 3.05) is 11.6 Å². The number of hydrogen-bond donors (Lipinski definition) is 2. The third-order valence-corrected chi connectivity index (χ3v) is 6.86. The summed E-state index contributed by atoms with van der Waals surface area (Å²) in [6.45, 7) is 6.59. The summed E-state index contributed by atoms with van der Waals surface area (Å²) in [5, 5.41) is 3.20. The summed E-state index contributed by atoms with van der Waals surface area (Å²) in [6.07, 6.45) is -1.11. The molecule has 4 rings (SSSR count). The highest BCUT2D eigenvalue weighted by Gasteiger charge is 2.35. The molecule has 8 nitrogen and oxygen atoms in total. The van der Waals surface area contributed by atoms with Gasteiger partial charge in [-0.1, -0.05) is 20.8 Å². The van der Waals surface area contributed by atoms with E-state index >= 15 is 0 Å². The Morgan fingerprint density at radius 3 is 2.41 bits per heavy atom. The number of alkyl halides is 3. The van der Waals surface area contributed by atoms with Gasteiger partial charge in [-0.15, -0.1) is 13.2 Å². The van der Waals surface area contributed by atoms with E-state index < -0.39 is 22.3 Å². The van der Waals surface area contributed by atoms with E-state index in [1.165, 1.54) is 30.3 Å². The van der Waals surface area contributed by atoms with Gasteiger partial charge in [0.25, 0.3) is 5.91 Å². The zero-order valence-corrected chi connectivity index (χ0v) is 21.7. The lowest BCUT2D eigenvalue weighted by Crippen LogP contribution is -2.30. The number of amides is 1. The summed E-state index contributed by atoms with van der Waals surface area (Å²) < 4.78 is 68.7. The van der Waals surface area contributed by atoms with Crippen LogP contribution in [0.4, 0.5) is 24.8 Å². The van der Waals surface area contributed by atoms with Crippen molar-refractivity contribution in [1.29, 1.82) is 0 Å². The fourth-order valence-electron chi connectivity index (χ4n) is 5.28. The SMILES string of the molecule is C[C@@H]1C[C@H](n2c(Nc3ccc(OC(F)(F)F)cc3)nc3ccc(C(=O)NS(C)(=O)=O)cc32)CC(C)(C)C1. The van der Waals surface area contributed by atoms with Gasteiger partial charge in [0, 0.05) is 17.3 Å². The van der Waals surface area contributed by atoms with Gasteiger partial charge in [-0.3, -0.25) is 4.79 Å². The molecule has 1 saturated carbocycles. The number of halogens is 3. The molecule has 1 aliphatic rings. The van der Waals surface area contributed by atoms with Crippen molar-refractivity contribution >= 4 is 38.6 Å². The highest BCUT2D eigenvalue weighted by atomic mass is 32.2. The van der Waals surface area contributed by atoms with E-state index in [4.69, 9.17) is 4.98 Å². The predicted octanol–water partition coefficient (Wildman–Crippen LogP) is 5.76. The number of hydrogen-bond acceptors (Lipinski definition) is 6. The molecule has 1 amide bonds. The van der Waals surface area contributed by atoms with Gasteiger partial charge in [-0.25, -0.2) is 18.1 Å². The third kappa shape index (κ3) is 6.73. The van der Waals surface area contributed by atoms with E-state index in [1.807, 2.05) is 9.29 Å². The van der Waals surface area contributed by atoms with Crippen LogP contribution >= 0.6 is 0 Å². The summed E-state index contributed by atoms with van der Waals surface area (Å²) >= 11 is 0. The second kappa shape index (κ2) is 9.55. The van der Waals surface area contributed by atoms with Gasteiger partial charge in [-0.2, -0.15) is 0 Å². The lowest BCUT2D eigenvalue weighted by molar-refractivity contribution is -0.274. The van der Waals surface area contributed by atoms with Gasteiger partial charge in [0.1, 0.15) is 5.75 Å². The molecule has 37 heavy (non-hydrogen) atoms. The number of rotatable bonds is 6. The minimum absolute atomic E-state index is 0.0207. The zero-order valence-electron chi connectivity index (χ0n) is 20.9. The Morgan fingerprint density at radius 2 is 1.81 bits per heavy atom. The quantitative estimate of drug-likeness (QED) is 0.414. The minimum Gasteiger partial charge on any atom is -0.406 e. The van der Waals surface area contributed by atoms with E-state index in [0.717, 1.165) is 25.5 Å². The molecule has 200 valence electrons. The molecule has 0 spiro atoms. The molecule has 0 saturated heterocycles. The number of sulfonamides is 1. The molecule has 2 aromatic carbocycles. The first-order valence-electron chi connectivity index (χ1n) is 11.8. The molecule has 0 aliphatic heterocycles. The first kappa shape index (κ1) is 26.8. The average molecular weight is 539 g/mol. The van der Waals surface area contributed by atoms with Gasteiger partial charge >= 0.3 is 6.36 Å². The lowest BCUT2D eigenvalue weighted by Gasteiger charge is -2.40. The number of carbonyl (C=O) groups excluding carboxylic acids is 1. The predicted molar refractivity (Wildman–Crippen MR) is 134 cm³/mol. The fraction of sp³-hybridized carbons (Fsp3) is 0.440. The van der Waals surface area contributed by atoms with E-state index in [1.54, 1.807) is 12.1 Å². The van der Waals surface area contributed by atoms with Gasteiger partial charge in [0.15, 0.2) is 0 Å². The number of fused-ring (bicyclic) bond motifs is 1. The Balaban J connectivity index is 1.76. The van der Waals surface area contributed by atoms with E-state index in [9.17, 15) is 26.4 Å². The summed E-state index contributed by atoms with van der Waals surface area (Å²) in [4.78, 5) is 17.3. The molecule has 1 aliphatic carbocycles. The topological polar surface area (TPSA) is 102 Å². The Kier molecular flexibility index (Phi) is 6.91. The van der Waals surface area contributed by atoms with Crippen molar-refractivity contribution in [3.05, 3.63) is 48.0 Å². The van der Waals surface area contributed by atoms with Gasteiger partial charge in [-0.05, 0) is 73.1 Å². The van der Waals surface area contributed by atoms with Gasteiger partial charge < -0.3 is 14.6 Å². The first-order valence-corrected chi connectivity index (χ1v) is 13.6. The number of anilines is 2. The lowest BCUT2D eigenvalue weighted by atomic mass is 9.70. The maximum atomic E-state index is 12.5. The second-order valence-electron chi connectivity index (χ2n) is 10.5. The smallest absolute Gasteiger partial charge is 0.406 e. The van der Waals surface area contributed by atoms with Gasteiger partial charge in [0.2, 0.25) is 16.0 Å². The molecule has 0 bridgehead atoms. The van der Waals surface area contributed by atoms with Crippen molar-refractivity contribution in [3.8, 4) is 5.75 Å². The number of nitrogens with one attached hydrogen (secondary N) is 2. The molecule has 1 heterocycles. The number of benzene rings is 2. The average Bonchev–Trinajstić information content (AvgIpc) is 3.08. The summed E-state index contributed by atoms with van der Waals surface area (Å²) in [7, 11) is -3.74. The van der Waals surface area contributed by atoms with Crippen LogP contribution in [0.25, 0.3) is 11.0 Å². The Bertz CT molecular complexity index is 1420. The first-order chi connectivity index (χ1) is 17.1. The molecule has 2 N–H and O–H groups in total. The van der Waals surface area contributed by atoms with Crippen LogP contribution in [0.3, 0.4) is 0 Å². The number of aromatic nitrogens is 2. The molecule has 2 atom stereocenters.